The zero-order valence-corrected chi connectivity index (χ0v) is 17.0. The van der Waals surface area contributed by atoms with E-state index in [1.807, 2.05) is 0 Å². The van der Waals surface area contributed by atoms with Crippen molar-refractivity contribution in [1.29, 1.82) is 0 Å². The highest BCUT2D eigenvalue weighted by Gasteiger charge is 2.35. The van der Waals surface area contributed by atoms with Crippen molar-refractivity contribution in [3.63, 3.8) is 0 Å². The van der Waals surface area contributed by atoms with Crippen LogP contribution in [0.3, 0.4) is 0 Å². The van der Waals surface area contributed by atoms with E-state index in [0.717, 1.165) is 28.9 Å². The summed E-state index contributed by atoms with van der Waals surface area (Å²) in [5.74, 6) is 1.92. The summed E-state index contributed by atoms with van der Waals surface area (Å²) in [6.07, 6.45) is 12.5. The Balaban J connectivity index is 1.39. The standard InChI is InChI=1S/C26H32F2/c1-2-3-4-18-5-6-23-16-22(12-11-21(23)15-18)19-7-9-20(10-8-19)24-13-14-25(27)26(28)17-24/h7-10,13-14,17-18,21-23H,2-6,11-12,15-16H2,1H3. The lowest BCUT2D eigenvalue weighted by molar-refractivity contribution is 0.113. The van der Waals surface area contributed by atoms with E-state index in [1.165, 1.54) is 75.5 Å². The summed E-state index contributed by atoms with van der Waals surface area (Å²) in [5, 5.41) is 0. The third-order valence-electron chi connectivity index (χ3n) is 7.32. The van der Waals surface area contributed by atoms with Crippen molar-refractivity contribution < 1.29 is 8.78 Å². The SMILES string of the molecule is CCCCC1CCC2CC(c3ccc(-c4ccc(F)c(F)c4)cc3)CCC2C1. The third kappa shape index (κ3) is 4.31. The normalized spacial score (nSPS) is 27.4. The average molecular weight is 383 g/mol. The molecule has 2 aliphatic carbocycles. The van der Waals surface area contributed by atoms with Crippen LogP contribution in [0.15, 0.2) is 42.5 Å². The Hall–Kier alpha value is -1.70. The van der Waals surface area contributed by atoms with Gasteiger partial charge in [-0.05, 0) is 84.6 Å². The molecule has 2 aliphatic rings. The summed E-state index contributed by atoms with van der Waals surface area (Å²) in [7, 11) is 0. The molecule has 2 aromatic carbocycles. The second kappa shape index (κ2) is 8.76. The van der Waals surface area contributed by atoms with Crippen LogP contribution < -0.4 is 0 Å². The Morgan fingerprint density at radius 3 is 2.25 bits per heavy atom. The van der Waals surface area contributed by atoms with Gasteiger partial charge in [-0.1, -0.05) is 62.9 Å². The van der Waals surface area contributed by atoms with Gasteiger partial charge in [-0.2, -0.15) is 0 Å². The summed E-state index contributed by atoms with van der Waals surface area (Å²) >= 11 is 0. The first-order valence-electron chi connectivity index (χ1n) is 11.2. The zero-order valence-electron chi connectivity index (χ0n) is 17.0. The van der Waals surface area contributed by atoms with E-state index >= 15 is 0 Å². The molecule has 0 amide bonds. The molecule has 0 heterocycles. The molecule has 4 rings (SSSR count). The lowest BCUT2D eigenvalue weighted by Crippen LogP contribution is -2.30. The van der Waals surface area contributed by atoms with Crippen LogP contribution in [0.5, 0.6) is 0 Å². The first kappa shape index (κ1) is 19.6. The van der Waals surface area contributed by atoms with Crippen molar-refractivity contribution in [2.75, 3.05) is 0 Å². The number of halogens is 2. The molecule has 28 heavy (non-hydrogen) atoms. The molecule has 2 fully saturated rings. The summed E-state index contributed by atoms with van der Waals surface area (Å²) in [5.41, 5.74) is 3.10. The largest absolute Gasteiger partial charge is 0.204 e. The molecule has 0 aromatic heterocycles. The van der Waals surface area contributed by atoms with Gasteiger partial charge in [0, 0.05) is 0 Å². The second-order valence-electron chi connectivity index (χ2n) is 9.10. The van der Waals surface area contributed by atoms with E-state index in [1.54, 1.807) is 6.07 Å². The molecular weight excluding hydrogens is 350 g/mol. The first-order valence-corrected chi connectivity index (χ1v) is 11.2. The molecule has 2 saturated carbocycles. The predicted octanol–water partition coefficient (Wildman–Crippen LogP) is 8.12. The van der Waals surface area contributed by atoms with E-state index in [4.69, 9.17) is 0 Å². The smallest absolute Gasteiger partial charge is 0.159 e. The van der Waals surface area contributed by atoms with Crippen molar-refractivity contribution >= 4 is 0 Å². The minimum Gasteiger partial charge on any atom is -0.204 e. The Morgan fingerprint density at radius 1 is 0.786 bits per heavy atom. The molecule has 150 valence electrons. The fourth-order valence-corrected chi connectivity index (χ4v) is 5.67. The Bertz CT molecular complexity index is 780. The van der Waals surface area contributed by atoms with Crippen molar-refractivity contribution in [3.8, 4) is 11.1 Å². The van der Waals surface area contributed by atoms with Gasteiger partial charge in [0.05, 0.1) is 0 Å². The van der Waals surface area contributed by atoms with E-state index < -0.39 is 11.6 Å². The van der Waals surface area contributed by atoms with Gasteiger partial charge < -0.3 is 0 Å². The van der Waals surface area contributed by atoms with Crippen LogP contribution in [0.1, 0.15) is 76.2 Å². The quantitative estimate of drug-likeness (QED) is 0.490. The number of hydrogen-bond acceptors (Lipinski definition) is 0. The fourth-order valence-electron chi connectivity index (χ4n) is 5.67. The fraction of sp³-hybridized carbons (Fsp3) is 0.538. The maximum Gasteiger partial charge on any atom is 0.159 e. The van der Waals surface area contributed by atoms with Crippen LogP contribution in [0.25, 0.3) is 11.1 Å². The Kier molecular flexibility index (Phi) is 6.13. The molecule has 4 atom stereocenters. The first-order chi connectivity index (χ1) is 13.6. The van der Waals surface area contributed by atoms with Crippen LogP contribution >= 0.6 is 0 Å². The van der Waals surface area contributed by atoms with Gasteiger partial charge in [-0.15, -0.1) is 0 Å². The van der Waals surface area contributed by atoms with Gasteiger partial charge in [0.15, 0.2) is 11.6 Å². The molecular formula is C26H32F2. The number of rotatable bonds is 5. The Labute approximate surface area is 168 Å². The molecule has 0 spiro atoms. The van der Waals surface area contributed by atoms with E-state index in [-0.39, 0.29) is 0 Å². The van der Waals surface area contributed by atoms with Crippen LogP contribution in [0.2, 0.25) is 0 Å². The van der Waals surface area contributed by atoms with Crippen molar-refractivity contribution in [3.05, 3.63) is 59.7 Å². The van der Waals surface area contributed by atoms with Crippen molar-refractivity contribution in [2.24, 2.45) is 17.8 Å². The lowest BCUT2D eigenvalue weighted by Gasteiger charge is -2.42. The van der Waals surface area contributed by atoms with Gasteiger partial charge in [0.1, 0.15) is 0 Å². The second-order valence-corrected chi connectivity index (χ2v) is 9.10. The van der Waals surface area contributed by atoms with E-state index in [9.17, 15) is 8.78 Å². The topological polar surface area (TPSA) is 0 Å². The molecule has 0 saturated heterocycles. The number of unbranched alkanes of at least 4 members (excludes halogenated alkanes) is 1. The Morgan fingerprint density at radius 2 is 1.50 bits per heavy atom. The lowest BCUT2D eigenvalue weighted by atomic mass is 9.63. The van der Waals surface area contributed by atoms with Crippen molar-refractivity contribution in [2.45, 2.75) is 70.6 Å². The van der Waals surface area contributed by atoms with Crippen LogP contribution in [-0.2, 0) is 0 Å². The van der Waals surface area contributed by atoms with Gasteiger partial charge >= 0.3 is 0 Å². The molecule has 4 unspecified atom stereocenters. The highest BCUT2D eigenvalue weighted by atomic mass is 19.2. The summed E-state index contributed by atoms with van der Waals surface area (Å²) in [6.45, 7) is 2.30. The number of benzene rings is 2. The van der Waals surface area contributed by atoms with Crippen molar-refractivity contribution in [1.82, 2.24) is 0 Å². The summed E-state index contributed by atoms with van der Waals surface area (Å²) in [6, 6.07) is 12.7. The molecule has 2 heteroatoms. The van der Waals surface area contributed by atoms with Crippen LogP contribution in [0, 0.1) is 29.4 Å². The maximum absolute atomic E-state index is 13.5. The highest BCUT2D eigenvalue weighted by molar-refractivity contribution is 5.63. The summed E-state index contributed by atoms with van der Waals surface area (Å²) < 4.78 is 26.7. The van der Waals surface area contributed by atoms with Crippen LogP contribution in [-0.4, -0.2) is 0 Å². The van der Waals surface area contributed by atoms with Gasteiger partial charge in [-0.25, -0.2) is 8.78 Å². The molecule has 0 bridgehead atoms. The van der Waals surface area contributed by atoms with Crippen LogP contribution in [0.4, 0.5) is 8.78 Å². The van der Waals surface area contributed by atoms with Gasteiger partial charge in [0.2, 0.25) is 0 Å². The minimum absolute atomic E-state index is 0.660. The van der Waals surface area contributed by atoms with Gasteiger partial charge in [-0.3, -0.25) is 0 Å². The third-order valence-corrected chi connectivity index (χ3v) is 7.32. The number of hydrogen-bond donors (Lipinski definition) is 0. The molecule has 0 nitrogen and oxygen atoms in total. The van der Waals surface area contributed by atoms with E-state index in [0.29, 0.717) is 5.92 Å². The minimum atomic E-state index is -0.790. The number of fused-ring (bicyclic) bond motifs is 1. The molecule has 0 radical (unpaired) electrons. The molecule has 2 aromatic rings. The highest BCUT2D eigenvalue weighted by Crippen LogP contribution is 2.48. The zero-order chi connectivity index (χ0) is 19.5. The maximum atomic E-state index is 13.5. The molecule has 0 N–H and O–H groups in total. The average Bonchev–Trinajstić information content (AvgIpc) is 2.74. The summed E-state index contributed by atoms with van der Waals surface area (Å²) in [4.78, 5) is 0. The van der Waals surface area contributed by atoms with Gasteiger partial charge in [0.25, 0.3) is 0 Å². The van der Waals surface area contributed by atoms with E-state index in [2.05, 4.69) is 31.2 Å². The predicted molar refractivity (Wildman–Crippen MR) is 112 cm³/mol. The monoisotopic (exact) mass is 382 g/mol. The molecule has 0 aliphatic heterocycles.